The van der Waals surface area contributed by atoms with Gasteiger partial charge in [0.05, 0.1) is 11.1 Å². The number of carbonyl (C=O) groups excluding carboxylic acids is 1. The number of rotatable bonds is 6. The fourth-order valence-electron chi connectivity index (χ4n) is 2.49. The molecule has 2 aromatic heterocycles. The van der Waals surface area contributed by atoms with Gasteiger partial charge in [0.15, 0.2) is 0 Å². The summed E-state index contributed by atoms with van der Waals surface area (Å²) in [5.41, 5.74) is 3.34. The fourth-order valence-corrected chi connectivity index (χ4v) is 2.66. The maximum absolute atomic E-state index is 12.0. The number of pyridine rings is 2. The van der Waals surface area contributed by atoms with Gasteiger partial charge in [-0.2, -0.15) is 0 Å². The van der Waals surface area contributed by atoms with Crippen molar-refractivity contribution in [1.82, 2.24) is 15.3 Å². The molecule has 128 valence electrons. The van der Waals surface area contributed by atoms with Crippen molar-refractivity contribution in [3.63, 3.8) is 0 Å². The topological polar surface area (TPSA) is 66.9 Å². The summed E-state index contributed by atoms with van der Waals surface area (Å²) in [6.07, 6.45) is 4.16. The normalized spacial score (nSPS) is 10.6. The Labute approximate surface area is 151 Å². The molecule has 3 aromatic rings. The van der Waals surface area contributed by atoms with Crippen LogP contribution in [0.25, 0.3) is 10.9 Å². The van der Waals surface area contributed by atoms with Gasteiger partial charge in [-0.25, -0.2) is 0 Å². The average Bonchev–Trinajstić information content (AvgIpc) is 2.61. The summed E-state index contributed by atoms with van der Waals surface area (Å²) in [5.74, 6) is -0.100. The second-order valence-electron chi connectivity index (χ2n) is 5.74. The molecule has 3 rings (SSSR count). The number of nitrogens with one attached hydrogen (secondary N) is 2. The molecule has 2 heterocycles. The minimum atomic E-state index is -0.100. The highest BCUT2D eigenvalue weighted by molar-refractivity contribution is 6.31. The Kier molecular flexibility index (Phi) is 5.46. The lowest BCUT2D eigenvalue weighted by Crippen LogP contribution is -2.26. The monoisotopic (exact) mass is 354 g/mol. The van der Waals surface area contributed by atoms with Crippen LogP contribution in [0.1, 0.15) is 22.5 Å². The van der Waals surface area contributed by atoms with E-state index < -0.39 is 0 Å². The molecule has 0 radical (unpaired) electrons. The number of nitrogens with zero attached hydrogens (tertiary/aromatic N) is 2. The Hall–Kier alpha value is -2.66. The zero-order chi connectivity index (χ0) is 17.6. The molecule has 6 heteroatoms. The molecule has 0 aliphatic rings. The molecule has 0 bridgehead atoms. The highest BCUT2D eigenvalue weighted by Gasteiger charge is 2.05. The van der Waals surface area contributed by atoms with Gasteiger partial charge >= 0.3 is 0 Å². The first-order valence-electron chi connectivity index (χ1n) is 8.12. The summed E-state index contributed by atoms with van der Waals surface area (Å²) in [5, 5.41) is 7.98. The molecule has 25 heavy (non-hydrogen) atoms. The third kappa shape index (κ3) is 4.45. The second kappa shape index (κ2) is 7.94. The van der Waals surface area contributed by atoms with Crippen LogP contribution in [-0.2, 0) is 0 Å². The van der Waals surface area contributed by atoms with Gasteiger partial charge in [0.25, 0.3) is 5.91 Å². The van der Waals surface area contributed by atoms with E-state index in [1.54, 1.807) is 18.5 Å². The number of amides is 1. The second-order valence-corrected chi connectivity index (χ2v) is 6.18. The maximum Gasteiger partial charge on any atom is 0.252 e. The highest BCUT2D eigenvalue weighted by Crippen LogP contribution is 2.24. The van der Waals surface area contributed by atoms with Gasteiger partial charge in [-0.15, -0.1) is 0 Å². The largest absolute Gasteiger partial charge is 0.384 e. The van der Waals surface area contributed by atoms with Crippen LogP contribution in [0.15, 0.2) is 48.8 Å². The minimum Gasteiger partial charge on any atom is -0.384 e. The number of hydrogen-bond acceptors (Lipinski definition) is 4. The number of halogens is 1. The van der Waals surface area contributed by atoms with Crippen molar-refractivity contribution in [3.05, 3.63) is 65.1 Å². The van der Waals surface area contributed by atoms with Crippen LogP contribution in [0.3, 0.4) is 0 Å². The number of fused-ring (bicyclic) bond motifs is 1. The molecule has 0 atom stereocenters. The molecule has 0 spiro atoms. The summed E-state index contributed by atoms with van der Waals surface area (Å²) in [7, 11) is 0. The van der Waals surface area contributed by atoms with Crippen LogP contribution in [-0.4, -0.2) is 29.0 Å². The molecule has 0 aliphatic heterocycles. The predicted octanol–water partition coefficient (Wildman–Crippen LogP) is 3.82. The number of aryl methyl sites for hydroxylation is 1. The standard InChI is InChI=1S/C19H19ClN4O/c1-13-3-4-14(12-24-13)19(25)23-9-2-8-21-17-7-10-22-18-11-15(20)5-6-16(17)18/h3-7,10-12H,2,8-9H2,1H3,(H,21,22)(H,23,25). The van der Waals surface area contributed by atoms with Gasteiger partial charge < -0.3 is 10.6 Å². The van der Waals surface area contributed by atoms with E-state index in [1.807, 2.05) is 37.3 Å². The Morgan fingerprint density at radius 3 is 2.80 bits per heavy atom. The predicted molar refractivity (Wildman–Crippen MR) is 101 cm³/mol. The zero-order valence-electron chi connectivity index (χ0n) is 13.9. The Bertz CT molecular complexity index is 880. The van der Waals surface area contributed by atoms with Crippen molar-refractivity contribution in [2.45, 2.75) is 13.3 Å². The number of carbonyl (C=O) groups is 1. The van der Waals surface area contributed by atoms with Crippen molar-refractivity contribution in [2.24, 2.45) is 0 Å². The van der Waals surface area contributed by atoms with E-state index in [0.717, 1.165) is 35.2 Å². The molecule has 1 amide bonds. The van der Waals surface area contributed by atoms with Crippen molar-refractivity contribution in [2.75, 3.05) is 18.4 Å². The summed E-state index contributed by atoms with van der Waals surface area (Å²) < 4.78 is 0. The van der Waals surface area contributed by atoms with Crippen LogP contribution >= 0.6 is 11.6 Å². The number of hydrogen-bond donors (Lipinski definition) is 2. The van der Waals surface area contributed by atoms with Gasteiger partial charge in [-0.3, -0.25) is 14.8 Å². The van der Waals surface area contributed by atoms with Crippen LogP contribution in [0.4, 0.5) is 5.69 Å². The smallest absolute Gasteiger partial charge is 0.252 e. The van der Waals surface area contributed by atoms with E-state index in [9.17, 15) is 4.79 Å². The Morgan fingerprint density at radius 1 is 1.12 bits per heavy atom. The molecule has 0 saturated carbocycles. The molecule has 0 unspecified atom stereocenters. The molecule has 0 saturated heterocycles. The van der Waals surface area contributed by atoms with Crippen molar-refractivity contribution < 1.29 is 4.79 Å². The average molecular weight is 355 g/mol. The van der Waals surface area contributed by atoms with Crippen LogP contribution in [0.2, 0.25) is 5.02 Å². The third-order valence-corrected chi connectivity index (χ3v) is 4.07. The lowest BCUT2D eigenvalue weighted by Gasteiger charge is -2.10. The Balaban J connectivity index is 1.49. The van der Waals surface area contributed by atoms with Crippen molar-refractivity contribution in [3.8, 4) is 0 Å². The van der Waals surface area contributed by atoms with E-state index >= 15 is 0 Å². The molecule has 0 fully saturated rings. The van der Waals surface area contributed by atoms with Gasteiger partial charge in [0, 0.05) is 47.3 Å². The SMILES string of the molecule is Cc1ccc(C(=O)NCCCNc2ccnc3cc(Cl)ccc23)cn1. The first-order chi connectivity index (χ1) is 12.1. The van der Waals surface area contributed by atoms with E-state index in [1.165, 1.54) is 0 Å². The van der Waals surface area contributed by atoms with E-state index in [-0.39, 0.29) is 5.91 Å². The van der Waals surface area contributed by atoms with Gasteiger partial charge in [-0.05, 0) is 49.7 Å². The first-order valence-corrected chi connectivity index (χ1v) is 8.50. The number of benzene rings is 1. The summed E-state index contributed by atoms with van der Waals surface area (Å²) >= 11 is 6.00. The number of anilines is 1. The lowest BCUT2D eigenvalue weighted by molar-refractivity contribution is 0.0953. The highest BCUT2D eigenvalue weighted by atomic mass is 35.5. The van der Waals surface area contributed by atoms with Crippen LogP contribution in [0.5, 0.6) is 0 Å². The maximum atomic E-state index is 12.0. The lowest BCUT2D eigenvalue weighted by atomic mass is 10.2. The molecule has 0 aliphatic carbocycles. The molecule has 1 aromatic carbocycles. The minimum absolute atomic E-state index is 0.100. The summed E-state index contributed by atoms with van der Waals surface area (Å²) in [6.45, 7) is 3.23. The third-order valence-electron chi connectivity index (χ3n) is 3.83. The zero-order valence-corrected chi connectivity index (χ0v) is 14.7. The molecular formula is C19H19ClN4O. The molecular weight excluding hydrogens is 336 g/mol. The molecule has 5 nitrogen and oxygen atoms in total. The van der Waals surface area contributed by atoms with E-state index in [2.05, 4.69) is 20.6 Å². The van der Waals surface area contributed by atoms with Gasteiger partial charge in [-0.1, -0.05) is 11.6 Å². The Morgan fingerprint density at radius 2 is 2.00 bits per heavy atom. The quantitative estimate of drug-likeness (QED) is 0.660. The van der Waals surface area contributed by atoms with E-state index in [0.29, 0.717) is 17.1 Å². The van der Waals surface area contributed by atoms with Crippen LogP contribution < -0.4 is 10.6 Å². The first kappa shape index (κ1) is 17.2. The van der Waals surface area contributed by atoms with Crippen molar-refractivity contribution in [1.29, 1.82) is 0 Å². The van der Waals surface area contributed by atoms with Crippen LogP contribution in [0, 0.1) is 6.92 Å². The number of aromatic nitrogens is 2. The fraction of sp³-hybridized carbons (Fsp3) is 0.211. The molecule has 2 N–H and O–H groups in total. The van der Waals surface area contributed by atoms with Crippen molar-refractivity contribution >= 4 is 34.1 Å². The summed E-state index contributed by atoms with van der Waals surface area (Å²) in [4.78, 5) is 20.5. The van der Waals surface area contributed by atoms with Gasteiger partial charge in [0.1, 0.15) is 0 Å². The van der Waals surface area contributed by atoms with E-state index in [4.69, 9.17) is 11.6 Å². The van der Waals surface area contributed by atoms with Gasteiger partial charge in [0.2, 0.25) is 0 Å². The summed E-state index contributed by atoms with van der Waals surface area (Å²) in [6, 6.07) is 11.2.